The van der Waals surface area contributed by atoms with Crippen LogP contribution in [-0.4, -0.2) is 27.8 Å². The maximum absolute atomic E-state index is 11.8. The molecule has 2 N–H and O–H groups in total. The van der Waals surface area contributed by atoms with Gasteiger partial charge < -0.3 is 5.32 Å². The number of aromatic nitrogens is 2. The molecule has 22 heavy (non-hydrogen) atoms. The van der Waals surface area contributed by atoms with Gasteiger partial charge in [-0.25, -0.2) is 4.79 Å². The van der Waals surface area contributed by atoms with Gasteiger partial charge in [-0.05, 0) is 30.5 Å². The summed E-state index contributed by atoms with van der Waals surface area (Å²) in [4.78, 5) is 26.3. The molecule has 0 bridgehead atoms. The Hall–Kier alpha value is -2.02. The highest BCUT2D eigenvalue weighted by Gasteiger charge is 2.22. The molecule has 1 aromatic heterocycles. The highest BCUT2D eigenvalue weighted by atomic mass is 32.2. The lowest BCUT2D eigenvalue weighted by Gasteiger charge is -2.05. The summed E-state index contributed by atoms with van der Waals surface area (Å²) in [6.45, 7) is 0.414. The average Bonchev–Trinajstić information content (AvgIpc) is 3.22. The number of aromatic amines is 1. The van der Waals surface area contributed by atoms with Gasteiger partial charge in [0, 0.05) is 23.1 Å². The van der Waals surface area contributed by atoms with Crippen LogP contribution >= 0.6 is 11.8 Å². The molecule has 1 heterocycles. The van der Waals surface area contributed by atoms with Gasteiger partial charge in [0.2, 0.25) is 5.91 Å². The summed E-state index contributed by atoms with van der Waals surface area (Å²) < 4.78 is 4.38. The third-order valence-electron chi connectivity index (χ3n) is 3.28. The van der Waals surface area contributed by atoms with Crippen LogP contribution in [0.25, 0.3) is 0 Å². The molecular weight excluding hydrogens is 302 g/mol. The molecule has 3 rings (SSSR count). The van der Waals surface area contributed by atoms with Gasteiger partial charge in [-0.2, -0.15) is 0 Å². The van der Waals surface area contributed by atoms with Crippen molar-refractivity contribution in [2.45, 2.75) is 35.8 Å². The zero-order chi connectivity index (χ0) is 15.4. The molecule has 0 atom stereocenters. The first-order valence-corrected chi connectivity index (χ1v) is 8.14. The summed E-state index contributed by atoms with van der Waals surface area (Å²) in [5.74, 6) is -0.189. The van der Waals surface area contributed by atoms with E-state index in [-0.39, 0.29) is 5.91 Å². The minimum Gasteiger partial charge on any atom is -0.355 e. The second-order valence-electron chi connectivity index (χ2n) is 5.28. The number of benzene rings is 1. The monoisotopic (exact) mass is 319 g/mol. The summed E-state index contributed by atoms with van der Waals surface area (Å²) in [6, 6.07) is 8.15. The van der Waals surface area contributed by atoms with Gasteiger partial charge >= 0.3 is 5.76 Å². The largest absolute Gasteiger partial charge is 0.438 e. The molecule has 0 saturated heterocycles. The smallest absolute Gasteiger partial charge is 0.355 e. The number of nitrogens with zero attached hydrogens (tertiary/aromatic N) is 1. The summed E-state index contributed by atoms with van der Waals surface area (Å²) in [5.41, 5.74) is 0.993. The molecule has 1 saturated carbocycles. The van der Waals surface area contributed by atoms with Crippen molar-refractivity contribution >= 4 is 17.7 Å². The van der Waals surface area contributed by atoms with Crippen LogP contribution in [0.15, 0.2) is 38.5 Å². The molecule has 1 amide bonds. The Morgan fingerprint density at radius 3 is 2.77 bits per heavy atom. The lowest BCUT2D eigenvalue weighted by atomic mass is 10.1. The number of hydrogen-bond donors (Lipinski definition) is 2. The first-order valence-electron chi connectivity index (χ1n) is 7.26. The van der Waals surface area contributed by atoms with E-state index < -0.39 is 5.76 Å². The van der Waals surface area contributed by atoms with Crippen LogP contribution in [0.2, 0.25) is 0 Å². The van der Waals surface area contributed by atoms with Crippen molar-refractivity contribution in [3.8, 4) is 0 Å². The van der Waals surface area contributed by atoms with Crippen LogP contribution in [-0.2, 0) is 17.6 Å². The quantitative estimate of drug-likeness (QED) is 0.808. The van der Waals surface area contributed by atoms with Gasteiger partial charge in [0.15, 0.2) is 5.82 Å². The zero-order valence-corrected chi connectivity index (χ0v) is 12.8. The first kappa shape index (κ1) is 14.9. The van der Waals surface area contributed by atoms with E-state index in [1.165, 1.54) is 17.7 Å². The van der Waals surface area contributed by atoms with Gasteiger partial charge in [0.05, 0.1) is 6.42 Å². The fourth-order valence-electron chi connectivity index (χ4n) is 2.00. The number of H-pyrrole nitrogens is 1. The maximum atomic E-state index is 11.8. The molecule has 6 nitrogen and oxygen atoms in total. The Morgan fingerprint density at radius 1 is 1.36 bits per heavy atom. The first-order chi connectivity index (χ1) is 10.7. The molecule has 1 aliphatic rings. The van der Waals surface area contributed by atoms with Crippen molar-refractivity contribution in [2.24, 2.45) is 0 Å². The molecular formula is C15H17N3O3S. The Morgan fingerprint density at radius 2 is 2.14 bits per heavy atom. The topological polar surface area (TPSA) is 88.0 Å². The number of nitrogens with one attached hydrogen (secondary N) is 2. The Bertz CT molecular complexity index is 689. The predicted molar refractivity (Wildman–Crippen MR) is 82.9 cm³/mol. The van der Waals surface area contributed by atoms with E-state index in [4.69, 9.17) is 0 Å². The summed E-state index contributed by atoms with van der Waals surface area (Å²) >= 11 is 1.91. The van der Waals surface area contributed by atoms with Crippen LogP contribution in [0.1, 0.15) is 24.2 Å². The lowest BCUT2D eigenvalue weighted by molar-refractivity contribution is -0.120. The molecule has 1 fully saturated rings. The molecule has 7 heteroatoms. The van der Waals surface area contributed by atoms with Crippen molar-refractivity contribution in [1.29, 1.82) is 0 Å². The van der Waals surface area contributed by atoms with Crippen LogP contribution in [0.3, 0.4) is 0 Å². The van der Waals surface area contributed by atoms with E-state index in [1.54, 1.807) is 0 Å². The standard InChI is InChI=1S/C15H17N3O3S/c19-14(16-8-7-13-17-15(20)21-18-13)9-10-1-3-11(4-2-10)22-12-5-6-12/h1-4,12H,5-9H2,(H,16,19)(H,17,18,20). The van der Waals surface area contributed by atoms with Crippen molar-refractivity contribution in [3.63, 3.8) is 0 Å². The fraction of sp³-hybridized carbons (Fsp3) is 0.400. The SMILES string of the molecule is O=C(Cc1ccc(SC2CC2)cc1)NCCc1noc(=O)[nH]1. The minimum absolute atomic E-state index is 0.0477. The summed E-state index contributed by atoms with van der Waals surface area (Å²) in [5, 5.41) is 7.13. The molecule has 2 aromatic rings. The Labute approximate surface area is 131 Å². The van der Waals surface area contributed by atoms with Gasteiger partial charge in [0.1, 0.15) is 0 Å². The maximum Gasteiger partial charge on any atom is 0.438 e. The van der Waals surface area contributed by atoms with E-state index in [9.17, 15) is 9.59 Å². The summed E-state index contributed by atoms with van der Waals surface area (Å²) in [7, 11) is 0. The fourth-order valence-corrected chi connectivity index (χ4v) is 3.05. The van der Waals surface area contributed by atoms with E-state index in [2.05, 4.69) is 32.1 Å². The van der Waals surface area contributed by atoms with E-state index in [0.29, 0.717) is 25.2 Å². The van der Waals surface area contributed by atoms with Gasteiger partial charge in [-0.3, -0.25) is 14.3 Å². The second-order valence-corrected chi connectivity index (χ2v) is 6.65. The normalized spacial score (nSPS) is 14.0. The third-order valence-corrected chi connectivity index (χ3v) is 4.63. The molecule has 1 aliphatic carbocycles. The van der Waals surface area contributed by atoms with Gasteiger partial charge in [0.25, 0.3) is 0 Å². The number of carbonyl (C=O) groups excluding carboxylic acids is 1. The van der Waals surface area contributed by atoms with Gasteiger partial charge in [-0.15, -0.1) is 11.8 Å². The van der Waals surface area contributed by atoms with E-state index in [0.717, 1.165) is 10.8 Å². The van der Waals surface area contributed by atoms with Crippen molar-refractivity contribution < 1.29 is 9.32 Å². The molecule has 1 aromatic carbocycles. The molecule has 0 radical (unpaired) electrons. The van der Waals surface area contributed by atoms with Gasteiger partial charge in [-0.1, -0.05) is 17.3 Å². The second kappa shape index (κ2) is 6.83. The van der Waals surface area contributed by atoms with Crippen LogP contribution in [0.5, 0.6) is 0 Å². The highest BCUT2D eigenvalue weighted by Crippen LogP contribution is 2.38. The number of carbonyl (C=O) groups is 1. The minimum atomic E-state index is -0.578. The molecule has 116 valence electrons. The van der Waals surface area contributed by atoms with Crippen LogP contribution < -0.4 is 11.1 Å². The molecule has 0 spiro atoms. The highest BCUT2D eigenvalue weighted by molar-refractivity contribution is 8.00. The lowest BCUT2D eigenvalue weighted by Crippen LogP contribution is -2.27. The molecule has 0 unspecified atom stereocenters. The number of rotatable bonds is 7. The Kier molecular flexibility index (Phi) is 4.62. The van der Waals surface area contributed by atoms with Crippen LogP contribution in [0, 0.1) is 0 Å². The third kappa shape index (κ3) is 4.49. The van der Waals surface area contributed by atoms with Crippen molar-refractivity contribution in [3.05, 3.63) is 46.2 Å². The average molecular weight is 319 g/mol. The predicted octanol–water partition coefficient (Wildman–Crippen LogP) is 1.52. The number of hydrogen-bond acceptors (Lipinski definition) is 5. The zero-order valence-electron chi connectivity index (χ0n) is 12.0. The van der Waals surface area contributed by atoms with E-state index >= 15 is 0 Å². The number of amides is 1. The Balaban J connectivity index is 1.41. The number of thioether (sulfide) groups is 1. The van der Waals surface area contributed by atoms with E-state index in [1.807, 2.05) is 23.9 Å². The van der Waals surface area contributed by atoms with Crippen molar-refractivity contribution in [1.82, 2.24) is 15.5 Å². The summed E-state index contributed by atoms with van der Waals surface area (Å²) in [6.07, 6.45) is 3.41. The van der Waals surface area contributed by atoms with Crippen LogP contribution in [0.4, 0.5) is 0 Å². The molecule has 0 aliphatic heterocycles. The van der Waals surface area contributed by atoms with Crippen molar-refractivity contribution in [2.75, 3.05) is 6.54 Å².